The van der Waals surface area contributed by atoms with E-state index in [9.17, 15) is 4.79 Å². The normalized spacial score (nSPS) is 15.6. The average molecular weight is 467 g/mol. The van der Waals surface area contributed by atoms with Gasteiger partial charge in [-0.1, -0.05) is 45.9 Å². The molecule has 2 aliphatic rings. The van der Waals surface area contributed by atoms with Crippen molar-refractivity contribution in [1.82, 2.24) is 15.2 Å². The Kier molecular flexibility index (Phi) is 10.5. The number of hydrogen-bond donors (Lipinski definition) is 3. The van der Waals surface area contributed by atoms with Crippen molar-refractivity contribution in [3.05, 3.63) is 70.3 Å². The lowest BCUT2D eigenvalue weighted by Crippen LogP contribution is -2.35. The number of dihydropyridines is 1. The molecule has 0 radical (unpaired) electrons. The van der Waals surface area contributed by atoms with Gasteiger partial charge >= 0.3 is 0 Å². The zero-order valence-electron chi connectivity index (χ0n) is 21.4. The summed E-state index contributed by atoms with van der Waals surface area (Å²) in [5.74, 6) is 2.39. The molecule has 3 N–H and O–H groups in total. The minimum atomic E-state index is -0.277. The Balaban J connectivity index is 0.000000970. The van der Waals surface area contributed by atoms with Gasteiger partial charge in [-0.25, -0.2) is 0 Å². The predicted molar refractivity (Wildman–Crippen MR) is 143 cm³/mol. The fourth-order valence-electron chi connectivity index (χ4n) is 3.62. The minimum Gasteiger partial charge on any atom is -0.497 e. The summed E-state index contributed by atoms with van der Waals surface area (Å²) >= 11 is 0. The number of allylic oxidation sites excluding steroid dienone is 2. The maximum Gasteiger partial charge on any atom is 0.264 e. The molecular formula is C27H38N4O3. The van der Waals surface area contributed by atoms with Crippen molar-refractivity contribution in [1.29, 1.82) is 0 Å². The first-order chi connectivity index (χ1) is 16.6. The van der Waals surface area contributed by atoms with E-state index in [1.807, 2.05) is 96.3 Å². The fraction of sp³-hybridized carbons (Fsp3) is 0.370. The highest BCUT2D eigenvalue weighted by Crippen LogP contribution is 2.30. The minimum absolute atomic E-state index is 0.0914. The zero-order chi connectivity index (χ0) is 25.1. The third-order valence-corrected chi connectivity index (χ3v) is 5.17. The van der Waals surface area contributed by atoms with Crippen molar-refractivity contribution in [3.8, 4) is 16.9 Å². The van der Waals surface area contributed by atoms with E-state index in [2.05, 4.69) is 16.0 Å². The van der Waals surface area contributed by atoms with E-state index < -0.39 is 0 Å². The number of anilines is 1. The standard InChI is InChI=1S/C23H26N4O3.2C2H6/c1-4-30-21-12-7-16-13-19(15-5-9-18(29-3)10-6-15)23(28)27(22(16)26-21)17-8-11-20(24-2)25-14-17;2*1-2/h5-13,21,24-26H,4,14H2,1-3H3;2*1-2H3. The highest BCUT2D eigenvalue weighted by molar-refractivity contribution is 5.78. The third kappa shape index (κ3) is 5.91. The van der Waals surface area contributed by atoms with Crippen molar-refractivity contribution in [2.24, 2.45) is 0 Å². The molecule has 7 nitrogen and oxygen atoms in total. The second-order valence-electron chi connectivity index (χ2n) is 6.95. The van der Waals surface area contributed by atoms with Gasteiger partial charge in [0.15, 0.2) is 0 Å². The molecule has 4 rings (SSSR count). The number of nitrogens with one attached hydrogen (secondary N) is 3. The second kappa shape index (κ2) is 13.3. The van der Waals surface area contributed by atoms with Gasteiger partial charge in [-0.2, -0.15) is 0 Å². The Morgan fingerprint density at radius 1 is 1.12 bits per heavy atom. The van der Waals surface area contributed by atoms with Crippen LogP contribution in [-0.4, -0.2) is 38.1 Å². The van der Waals surface area contributed by atoms with Crippen LogP contribution in [0.25, 0.3) is 22.9 Å². The molecule has 2 aromatic rings. The lowest BCUT2D eigenvalue weighted by atomic mass is 10.0. The largest absolute Gasteiger partial charge is 0.497 e. The summed E-state index contributed by atoms with van der Waals surface area (Å²) in [7, 11) is 3.48. The summed E-state index contributed by atoms with van der Waals surface area (Å²) in [4.78, 5) is 13.6. The lowest BCUT2D eigenvalue weighted by molar-refractivity contribution is 0.115. The number of benzene rings is 1. The van der Waals surface area contributed by atoms with E-state index in [1.54, 1.807) is 11.7 Å². The molecule has 3 heterocycles. The molecule has 0 spiro atoms. The number of methoxy groups -OCH3 is 1. The van der Waals surface area contributed by atoms with E-state index in [0.29, 0.717) is 18.7 Å². The quantitative estimate of drug-likeness (QED) is 0.563. The molecule has 1 atom stereocenters. The number of ether oxygens (including phenoxy) is 2. The van der Waals surface area contributed by atoms with Gasteiger partial charge in [-0.15, -0.1) is 0 Å². The molecule has 0 aliphatic carbocycles. The first kappa shape index (κ1) is 26.8. The van der Waals surface area contributed by atoms with Gasteiger partial charge in [0.25, 0.3) is 5.56 Å². The Morgan fingerprint density at radius 3 is 2.38 bits per heavy atom. The SMILES string of the molecule is CC.CC.CCOC1C=Cc2cc(-c3ccc(OC)cc3)c(=O)n(C3=CC=C(NC)NC3)c2N1. The molecule has 0 fully saturated rings. The molecule has 7 heteroatoms. The van der Waals surface area contributed by atoms with Gasteiger partial charge in [0.2, 0.25) is 0 Å². The summed E-state index contributed by atoms with van der Waals surface area (Å²) in [6, 6.07) is 9.46. The molecule has 34 heavy (non-hydrogen) atoms. The lowest BCUT2D eigenvalue weighted by Gasteiger charge is -2.28. The third-order valence-electron chi connectivity index (χ3n) is 5.17. The van der Waals surface area contributed by atoms with Crippen LogP contribution in [0.15, 0.2) is 59.2 Å². The summed E-state index contributed by atoms with van der Waals surface area (Å²) in [6.07, 6.45) is 7.57. The summed E-state index contributed by atoms with van der Waals surface area (Å²) in [6.45, 7) is 11.0. The van der Waals surface area contributed by atoms with Crippen molar-refractivity contribution in [3.63, 3.8) is 0 Å². The van der Waals surface area contributed by atoms with Gasteiger partial charge in [-0.05, 0) is 48.9 Å². The predicted octanol–water partition coefficient (Wildman–Crippen LogP) is 4.88. The highest BCUT2D eigenvalue weighted by atomic mass is 16.5. The topological polar surface area (TPSA) is 76.5 Å². The Morgan fingerprint density at radius 2 is 1.82 bits per heavy atom. The molecule has 2 aliphatic heterocycles. The van der Waals surface area contributed by atoms with Crippen molar-refractivity contribution in [2.75, 3.05) is 32.6 Å². The number of pyridine rings is 1. The monoisotopic (exact) mass is 466 g/mol. The van der Waals surface area contributed by atoms with Gasteiger partial charge in [0, 0.05) is 30.5 Å². The number of nitrogens with zero attached hydrogens (tertiary/aromatic N) is 1. The number of rotatable bonds is 6. The van der Waals surface area contributed by atoms with Crippen LogP contribution in [0.2, 0.25) is 0 Å². The molecule has 184 valence electrons. The number of fused-ring (bicyclic) bond motifs is 1. The molecule has 0 bridgehead atoms. The van der Waals surface area contributed by atoms with Crippen molar-refractivity contribution < 1.29 is 9.47 Å². The van der Waals surface area contributed by atoms with Crippen LogP contribution >= 0.6 is 0 Å². The maximum atomic E-state index is 13.6. The van der Waals surface area contributed by atoms with Crippen LogP contribution in [0, 0.1) is 0 Å². The Hall–Kier alpha value is -3.45. The zero-order valence-corrected chi connectivity index (χ0v) is 21.4. The van der Waals surface area contributed by atoms with E-state index in [0.717, 1.165) is 34.2 Å². The van der Waals surface area contributed by atoms with Crippen LogP contribution in [0.1, 0.15) is 40.2 Å². The van der Waals surface area contributed by atoms with Crippen molar-refractivity contribution >= 4 is 17.6 Å². The van der Waals surface area contributed by atoms with Gasteiger partial charge in [-0.3, -0.25) is 9.36 Å². The van der Waals surface area contributed by atoms with Crippen LogP contribution in [0.3, 0.4) is 0 Å². The molecule has 1 aromatic heterocycles. The van der Waals surface area contributed by atoms with E-state index >= 15 is 0 Å². The first-order valence-corrected chi connectivity index (χ1v) is 12.0. The van der Waals surface area contributed by atoms with Crippen LogP contribution in [-0.2, 0) is 4.74 Å². The molecular weight excluding hydrogens is 428 g/mol. The molecule has 1 aromatic carbocycles. The second-order valence-corrected chi connectivity index (χ2v) is 6.95. The Labute approximate surface area is 203 Å². The average Bonchev–Trinajstić information content (AvgIpc) is 2.91. The first-order valence-electron chi connectivity index (χ1n) is 12.0. The van der Waals surface area contributed by atoms with Crippen LogP contribution in [0.4, 0.5) is 5.82 Å². The summed E-state index contributed by atoms with van der Waals surface area (Å²) in [5.41, 5.74) is 3.16. The smallest absolute Gasteiger partial charge is 0.264 e. The van der Waals surface area contributed by atoms with Gasteiger partial charge in [0.1, 0.15) is 17.8 Å². The van der Waals surface area contributed by atoms with Crippen molar-refractivity contribution in [2.45, 2.75) is 40.8 Å². The summed E-state index contributed by atoms with van der Waals surface area (Å²) < 4.78 is 12.7. The Bertz CT molecular complexity index is 1080. The van der Waals surface area contributed by atoms with Crippen LogP contribution < -0.4 is 26.2 Å². The molecule has 0 saturated carbocycles. The number of aromatic nitrogens is 1. The van der Waals surface area contributed by atoms with E-state index in [1.165, 1.54) is 0 Å². The van der Waals surface area contributed by atoms with Gasteiger partial charge in [0.05, 0.1) is 19.5 Å². The highest BCUT2D eigenvalue weighted by Gasteiger charge is 2.23. The molecule has 0 amide bonds. The van der Waals surface area contributed by atoms with E-state index in [4.69, 9.17) is 9.47 Å². The van der Waals surface area contributed by atoms with Gasteiger partial charge < -0.3 is 25.4 Å². The van der Waals surface area contributed by atoms with Crippen LogP contribution in [0.5, 0.6) is 5.75 Å². The fourth-order valence-corrected chi connectivity index (χ4v) is 3.62. The maximum absolute atomic E-state index is 13.6. The number of hydrogen-bond acceptors (Lipinski definition) is 6. The summed E-state index contributed by atoms with van der Waals surface area (Å²) in [5, 5.41) is 9.73. The van der Waals surface area contributed by atoms with E-state index in [-0.39, 0.29) is 11.8 Å². The molecule has 1 unspecified atom stereocenters. The molecule has 0 saturated heterocycles.